The molecule has 0 N–H and O–H groups in total. The molecule has 258 valence electrons. The van der Waals surface area contributed by atoms with E-state index in [1.165, 1.54) is 0 Å². The molecule has 10 aromatic rings. The number of hydrogen-bond acceptors (Lipinski definition) is 4. The topological polar surface area (TPSA) is 56.5 Å². The molecule has 0 saturated carbocycles. The standard InChI is InChI=1S/C50H33N5/c1-4-13-34(14-5-1)37-22-26-39(27-23-37)48-52-49(40-28-24-38(25-29-40)35-15-6-2-7-16-35)54-50(53-48)43-31-30-41(36-17-8-3-9-18-36)33-46(43)55-44-20-11-10-19-42(44)47-45(55)21-12-32-51-47/h1-33H. The zero-order valence-electron chi connectivity index (χ0n) is 29.8. The highest BCUT2D eigenvalue weighted by Crippen LogP contribution is 2.38. The van der Waals surface area contributed by atoms with E-state index in [-0.39, 0.29) is 0 Å². The SMILES string of the molecule is c1ccc(-c2ccc(-c3nc(-c4ccc(-c5ccccc5)cc4)nc(-c4ccc(-c5ccccc5)cc4-n4c5ccccc5c5ncccc54)n3)cc2)cc1. The summed E-state index contributed by atoms with van der Waals surface area (Å²) in [5.41, 5.74) is 13.5. The van der Waals surface area contributed by atoms with Crippen LogP contribution in [0.1, 0.15) is 0 Å². The van der Waals surface area contributed by atoms with Crippen LogP contribution in [0.5, 0.6) is 0 Å². The Hall–Kier alpha value is -7.50. The molecule has 0 spiro atoms. The summed E-state index contributed by atoms with van der Waals surface area (Å²) >= 11 is 0. The molecule has 0 bridgehead atoms. The van der Waals surface area contributed by atoms with Gasteiger partial charge in [-0.15, -0.1) is 0 Å². The summed E-state index contributed by atoms with van der Waals surface area (Å²) in [6, 6.07) is 67.3. The molecule has 0 unspecified atom stereocenters. The van der Waals surface area contributed by atoms with Crippen molar-refractivity contribution in [3.05, 3.63) is 200 Å². The fourth-order valence-corrected chi connectivity index (χ4v) is 7.40. The lowest BCUT2D eigenvalue weighted by molar-refractivity contribution is 1.06. The number of hydrogen-bond donors (Lipinski definition) is 0. The molecule has 55 heavy (non-hydrogen) atoms. The Bertz CT molecular complexity index is 2780. The number of benzene rings is 7. The Kier molecular flexibility index (Phi) is 8.08. The van der Waals surface area contributed by atoms with Gasteiger partial charge in [-0.25, -0.2) is 15.0 Å². The van der Waals surface area contributed by atoms with Crippen LogP contribution in [0.4, 0.5) is 0 Å². The third-order valence-electron chi connectivity index (χ3n) is 10.1. The minimum atomic E-state index is 0.587. The first-order valence-corrected chi connectivity index (χ1v) is 18.4. The van der Waals surface area contributed by atoms with E-state index in [0.717, 1.165) is 77.7 Å². The Labute approximate surface area is 318 Å². The van der Waals surface area contributed by atoms with Gasteiger partial charge >= 0.3 is 0 Å². The van der Waals surface area contributed by atoms with Crippen LogP contribution < -0.4 is 0 Å². The normalized spacial score (nSPS) is 11.3. The molecule has 5 heteroatoms. The van der Waals surface area contributed by atoms with Gasteiger partial charge < -0.3 is 4.57 Å². The number of nitrogens with zero attached hydrogens (tertiary/aromatic N) is 5. The maximum absolute atomic E-state index is 5.25. The maximum Gasteiger partial charge on any atom is 0.166 e. The van der Waals surface area contributed by atoms with Gasteiger partial charge in [-0.1, -0.05) is 164 Å². The number of aromatic nitrogens is 5. The molecular weight excluding hydrogens is 671 g/mol. The van der Waals surface area contributed by atoms with Crippen LogP contribution in [0.2, 0.25) is 0 Å². The molecule has 0 fully saturated rings. The first-order chi connectivity index (χ1) is 27.3. The van der Waals surface area contributed by atoms with Crippen LogP contribution in [-0.2, 0) is 0 Å². The lowest BCUT2D eigenvalue weighted by Gasteiger charge is -2.16. The fraction of sp³-hybridized carbons (Fsp3) is 0. The maximum atomic E-state index is 5.25. The Morgan fingerprint density at radius 3 is 1.35 bits per heavy atom. The molecule has 0 amide bonds. The lowest BCUT2D eigenvalue weighted by Crippen LogP contribution is -2.04. The molecule has 0 aliphatic heterocycles. The number of rotatable bonds is 7. The molecule has 5 nitrogen and oxygen atoms in total. The second-order valence-corrected chi connectivity index (χ2v) is 13.5. The van der Waals surface area contributed by atoms with E-state index in [0.29, 0.717) is 17.5 Å². The predicted molar refractivity (Wildman–Crippen MR) is 225 cm³/mol. The zero-order chi connectivity index (χ0) is 36.6. The lowest BCUT2D eigenvalue weighted by atomic mass is 10.0. The molecule has 7 aromatic carbocycles. The van der Waals surface area contributed by atoms with E-state index in [4.69, 9.17) is 19.9 Å². The van der Waals surface area contributed by atoms with Crippen molar-refractivity contribution in [1.82, 2.24) is 24.5 Å². The molecule has 0 radical (unpaired) electrons. The van der Waals surface area contributed by atoms with Crippen molar-refractivity contribution >= 4 is 21.9 Å². The highest BCUT2D eigenvalue weighted by atomic mass is 15.1. The monoisotopic (exact) mass is 703 g/mol. The first kappa shape index (κ1) is 32.2. The fourth-order valence-electron chi connectivity index (χ4n) is 7.40. The first-order valence-electron chi connectivity index (χ1n) is 18.4. The quantitative estimate of drug-likeness (QED) is 0.166. The Morgan fingerprint density at radius 1 is 0.327 bits per heavy atom. The van der Waals surface area contributed by atoms with E-state index < -0.39 is 0 Å². The second-order valence-electron chi connectivity index (χ2n) is 13.5. The molecule has 0 saturated heterocycles. The summed E-state index contributed by atoms with van der Waals surface area (Å²) in [4.78, 5) is 20.5. The summed E-state index contributed by atoms with van der Waals surface area (Å²) in [5, 5.41) is 1.09. The van der Waals surface area contributed by atoms with Crippen molar-refractivity contribution in [3.63, 3.8) is 0 Å². The van der Waals surface area contributed by atoms with Gasteiger partial charge in [-0.2, -0.15) is 0 Å². The van der Waals surface area contributed by atoms with E-state index >= 15 is 0 Å². The third-order valence-corrected chi connectivity index (χ3v) is 10.1. The van der Waals surface area contributed by atoms with Crippen molar-refractivity contribution < 1.29 is 0 Å². The van der Waals surface area contributed by atoms with Crippen LogP contribution in [0.25, 0.3) is 95.2 Å². The number of para-hydroxylation sites is 1. The zero-order valence-corrected chi connectivity index (χ0v) is 29.8. The summed E-state index contributed by atoms with van der Waals surface area (Å²) in [7, 11) is 0. The van der Waals surface area contributed by atoms with Crippen molar-refractivity contribution in [2.24, 2.45) is 0 Å². The minimum Gasteiger partial charge on any atom is -0.307 e. The van der Waals surface area contributed by atoms with Crippen molar-refractivity contribution in [2.45, 2.75) is 0 Å². The molecule has 0 atom stereocenters. The highest BCUT2D eigenvalue weighted by Gasteiger charge is 2.21. The average Bonchev–Trinajstić information content (AvgIpc) is 3.61. The Morgan fingerprint density at radius 2 is 0.764 bits per heavy atom. The van der Waals surface area contributed by atoms with Gasteiger partial charge in [0.2, 0.25) is 0 Å². The molecule has 10 rings (SSSR count). The van der Waals surface area contributed by atoms with E-state index in [2.05, 4.69) is 174 Å². The van der Waals surface area contributed by atoms with Gasteiger partial charge in [0, 0.05) is 28.3 Å². The van der Waals surface area contributed by atoms with E-state index in [9.17, 15) is 0 Å². The number of fused-ring (bicyclic) bond motifs is 3. The third kappa shape index (κ3) is 6.04. The summed E-state index contributed by atoms with van der Waals surface area (Å²) in [6.45, 7) is 0. The van der Waals surface area contributed by atoms with Crippen molar-refractivity contribution in [2.75, 3.05) is 0 Å². The summed E-state index contributed by atoms with van der Waals surface area (Å²) in [5.74, 6) is 1.80. The predicted octanol–water partition coefficient (Wildman–Crippen LogP) is 12.4. The summed E-state index contributed by atoms with van der Waals surface area (Å²) in [6.07, 6.45) is 1.86. The summed E-state index contributed by atoms with van der Waals surface area (Å²) < 4.78 is 2.30. The van der Waals surface area contributed by atoms with Gasteiger partial charge in [-0.3, -0.25) is 4.98 Å². The second kappa shape index (κ2) is 13.8. The van der Waals surface area contributed by atoms with Crippen LogP contribution >= 0.6 is 0 Å². The van der Waals surface area contributed by atoms with Gasteiger partial charge in [0.05, 0.1) is 22.2 Å². The van der Waals surface area contributed by atoms with Gasteiger partial charge in [0.15, 0.2) is 17.5 Å². The minimum absolute atomic E-state index is 0.587. The van der Waals surface area contributed by atoms with Crippen molar-refractivity contribution in [3.8, 4) is 73.2 Å². The van der Waals surface area contributed by atoms with Gasteiger partial charge in [0.1, 0.15) is 0 Å². The highest BCUT2D eigenvalue weighted by molar-refractivity contribution is 6.07. The van der Waals surface area contributed by atoms with Gasteiger partial charge in [0.25, 0.3) is 0 Å². The largest absolute Gasteiger partial charge is 0.307 e. The van der Waals surface area contributed by atoms with Crippen molar-refractivity contribution in [1.29, 1.82) is 0 Å². The molecule has 3 heterocycles. The smallest absolute Gasteiger partial charge is 0.166 e. The Balaban J connectivity index is 1.20. The average molecular weight is 704 g/mol. The molecule has 0 aliphatic rings. The molecular formula is C50H33N5. The van der Waals surface area contributed by atoms with Crippen LogP contribution in [0, 0.1) is 0 Å². The van der Waals surface area contributed by atoms with Crippen LogP contribution in [-0.4, -0.2) is 24.5 Å². The molecule has 3 aromatic heterocycles. The molecule has 0 aliphatic carbocycles. The van der Waals surface area contributed by atoms with E-state index in [1.807, 2.05) is 30.5 Å². The van der Waals surface area contributed by atoms with Crippen LogP contribution in [0.15, 0.2) is 200 Å². The van der Waals surface area contributed by atoms with Gasteiger partial charge in [-0.05, 0) is 63.7 Å². The number of pyridine rings is 1. The van der Waals surface area contributed by atoms with Crippen LogP contribution in [0.3, 0.4) is 0 Å². The van der Waals surface area contributed by atoms with E-state index in [1.54, 1.807) is 0 Å².